The minimum Gasteiger partial charge on any atom is -0.493 e. The second-order valence-corrected chi connectivity index (χ2v) is 21.7. The largest absolute Gasteiger partial charge is 0.493 e. The molecule has 2 amide bonds. The number of carbonyl (C=O) groups is 2. The van der Waals surface area contributed by atoms with Gasteiger partial charge in [-0.15, -0.1) is 0 Å². The van der Waals surface area contributed by atoms with Crippen molar-refractivity contribution >= 4 is 11.8 Å². The van der Waals surface area contributed by atoms with E-state index in [-0.39, 0.29) is 11.8 Å². The van der Waals surface area contributed by atoms with Crippen LogP contribution in [0.4, 0.5) is 0 Å². The first kappa shape index (κ1) is 65.0. The fourth-order valence-electron chi connectivity index (χ4n) is 10.1. The Labute approximate surface area is 431 Å². The highest BCUT2D eigenvalue weighted by atomic mass is 16.5. The van der Waals surface area contributed by atoms with Crippen molar-refractivity contribution in [2.75, 3.05) is 19.7 Å². The summed E-state index contributed by atoms with van der Waals surface area (Å²) in [6.45, 7) is 8.73. The van der Waals surface area contributed by atoms with Crippen LogP contribution in [0.2, 0.25) is 0 Å². The van der Waals surface area contributed by atoms with Crippen molar-refractivity contribution in [1.29, 1.82) is 0 Å². The second kappa shape index (κ2) is 53.8. The molecule has 0 aromatic heterocycles. The van der Waals surface area contributed by atoms with Gasteiger partial charge in [-0.1, -0.05) is 323 Å². The molecule has 1 rings (SSSR count). The first-order chi connectivity index (χ1) is 34.1. The number of nitrogens with one attached hydrogen (secondary N) is 2. The van der Waals surface area contributed by atoms with Crippen molar-refractivity contribution in [1.82, 2.24) is 10.6 Å². The van der Waals surface area contributed by atoms with E-state index in [0.29, 0.717) is 36.6 Å². The maximum atomic E-state index is 13.3. The molecule has 5 heteroatoms. The van der Waals surface area contributed by atoms with Gasteiger partial charge in [-0.05, 0) is 37.5 Å². The lowest BCUT2D eigenvalue weighted by atomic mass is 10.0. The van der Waals surface area contributed by atoms with Crippen molar-refractivity contribution in [2.45, 2.75) is 342 Å². The number of amides is 2. The first-order valence-electron chi connectivity index (χ1n) is 31.5. The van der Waals surface area contributed by atoms with Gasteiger partial charge >= 0.3 is 0 Å². The highest BCUT2D eigenvalue weighted by molar-refractivity contribution is 6.00. The maximum absolute atomic E-state index is 13.3. The molecular weight excluding hydrogens is 845 g/mol. The summed E-state index contributed by atoms with van der Waals surface area (Å²) in [7, 11) is 0. The van der Waals surface area contributed by atoms with Crippen LogP contribution >= 0.6 is 0 Å². The van der Waals surface area contributed by atoms with Gasteiger partial charge in [0, 0.05) is 18.7 Å². The normalized spacial score (nSPS) is 11.4. The maximum Gasteiger partial charge on any atom is 0.255 e. The predicted molar refractivity (Wildman–Crippen MR) is 304 cm³/mol. The highest BCUT2D eigenvalue weighted by Gasteiger charge is 2.16. The molecular formula is C64H120N2O3. The van der Waals surface area contributed by atoms with Crippen LogP contribution in [0.1, 0.15) is 363 Å². The molecule has 2 N–H and O–H groups in total. The van der Waals surface area contributed by atoms with E-state index in [9.17, 15) is 9.59 Å². The Balaban J connectivity index is 2.09. The molecule has 0 aliphatic carbocycles. The monoisotopic (exact) mass is 965 g/mol. The van der Waals surface area contributed by atoms with Gasteiger partial charge in [0.1, 0.15) is 5.75 Å². The fraction of sp³-hybridized carbons (Fsp3) is 0.875. The predicted octanol–water partition coefficient (Wildman–Crippen LogP) is 21.1. The molecule has 0 radical (unpaired) electrons. The SMILES string of the molecule is CCCCCCCCCCCCCCCCCCCCCCCCCNC(=O)c1ccc(C(=O)NCCCCCCCCCCCCCCCCCCCCCCCCC)c(OCCCCCC)c1. The number of rotatable bonds is 56. The van der Waals surface area contributed by atoms with Crippen LogP contribution in [0.5, 0.6) is 5.75 Å². The molecule has 0 heterocycles. The molecule has 0 saturated carbocycles. The van der Waals surface area contributed by atoms with E-state index in [1.807, 2.05) is 0 Å². The van der Waals surface area contributed by atoms with Crippen LogP contribution in [0.15, 0.2) is 18.2 Å². The van der Waals surface area contributed by atoms with Gasteiger partial charge in [0.25, 0.3) is 11.8 Å². The second-order valence-electron chi connectivity index (χ2n) is 21.7. The van der Waals surface area contributed by atoms with E-state index >= 15 is 0 Å². The Morgan fingerprint density at radius 2 is 0.565 bits per heavy atom. The molecule has 1 aromatic rings. The summed E-state index contributed by atoms with van der Waals surface area (Å²) in [4.78, 5) is 26.4. The van der Waals surface area contributed by atoms with E-state index in [1.165, 1.54) is 283 Å². The van der Waals surface area contributed by atoms with E-state index < -0.39 is 0 Å². The van der Waals surface area contributed by atoms with Crippen molar-refractivity contribution in [3.63, 3.8) is 0 Å². The van der Waals surface area contributed by atoms with E-state index in [1.54, 1.807) is 18.2 Å². The van der Waals surface area contributed by atoms with Crippen molar-refractivity contribution < 1.29 is 14.3 Å². The standard InChI is InChI=1S/C64H120N2O3/c1-4-7-10-13-15-17-19-21-23-25-27-29-31-33-35-37-39-41-43-45-47-49-51-56-65-63(67)60-54-55-61(62(59-60)69-58-53-12-9-6-3)64(68)66-57-52-50-48-46-44-42-40-38-36-34-32-30-28-26-24-22-20-18-16-14-11-8-5-2/h54-55,59H,4-53,56-58H2,1-3H3,(H,65,67)(H,66,68). The Morgan fingerprint density at radius 3 is 0.855 bits per heavy atom. The molecule has 69 heavy (non-hydrogen) atoms. The van der Waals surface area contributed by atoms with Crippen LogP contribution in [-0.4, -0.2) is 31.5 Å². The molecule has 0 bridgehead atoms. The molecule has 1 aromatic carbocycles. The zero-order chi connectivity index (χ0) is 49.6. The molecule has 0 fully saturated rings. The number of benzene rings is 1. The minimum absolute atomic E-state index is 0.0818. The molecule has 0 aliphatic heterocycles. The Morgan fingerprint density at radius 1 is 0.319 bits per heavy atom. The Kier molecular flexibility index (Phi) is 50.6. The lowest BCUT2D eigenvalue weighted by molar-refractivity contribution is 0.0937. The third kappa shape index (κ3) is 44.4. The number of hydrogen-bond donors (Lipinski definition) is 2. The number of carbonyl (C=O) groups excluding carboxylic acids is 2. The van der Waals surface area contributed by atoms with E-state index in [0.717, 1.165) is 38.5 Å². The Hall–Kier alpha value is -2.04. The fourth-order valence-corrected chi connectivity index (χ4v) is 10.1. The average Bonchev–Trinajstić information content (AvgIpc) is 3.36. The Bertz CT molecular complexity index is 1220. The van der Waals surface area contributed by atoms with Crippen molar-refractivity contribution in [2.24, 2.45) is 0 Å². The molecule has 404 valence electrons. The summed E-state index contributed by atoms with van der Waals surface area (Å²) in [5.74, 6) is 0.344. The van der Waals surface area contributed by atoms with Crippen LogP contribution in [0.25, 0.3) is 0 Å². The average molecular weight is 966 g/mol. The smallest absolute Gasteiger partial charge is 0.255 e. The summed E-state index contributed by atoms with van der Waals surface area (Å²) in [6, 6.07) is 5.35. The van der Waals surface area contributed by atoms with Crippen LogP contribution in [0, 0.1) is 0 Å². The zero-order valence-corrected chi connectivity index (χ0v) is 46.9. The third-order valence-electron chi connectivity index (χ3n) is 14.9. The van der Waals surface area contributed by atoms with Gasteiger partial charge in [-0.25, -0.2) is 0 Å². The topological polar surface area (TPSA) is 67.4 Å². The van der Waals surface area contributed by atoms with Crippen LogP contribution in [0.3, 0.4) is 0 Å². The van der Waals surface area contributed by atoms with Crippen molar-refractivity contribution in [3.8, 4) is 5.75 Å². The van der Waals surface area contributed by atoms with Gasteiger partial charge < -0.3 is 15.4 Å². The molecule has 0 saturated heterocycles. The van der Waals surface area contributed by atoms with Gasteiger partial charge in [-0.3, -0.25) is 9.59 Å². The van der Waals surface area contributed by atoms with Gasteiger partial charge in [0.05, 0.1) is 12.2 Å². The van der Waals surface area contributed by atoms with E-state index in [4.69, 9.17) is 4.74 Å². The summed E-state index contributed by atoms with van der Waals surface area (Å²) in [5.41, 5.74) is 1.10. The number of hydrogen-bond acceptors (Lipinski definition) is 3. The summed E-state index contributed by atoms with van der Waals surface area (Å²) in [6.07, 6.45) is 67.9. The summed E-state index contributed by atoms with van der Waals surface area (Å²) in [5, 5.41) is 6.26. The van der Waals surface area contributed by atoms with E-state index in [2.05, 4.69) is 31.4 Å². The molecule has 0 atom stereocenters. The highest BCUT2D eigenvalue weighted by Crippen LogP contribution is 2.23. The quantitative estimate of drug-likeness (QED) is 0.0639. The molecule has 0 unspecified atom stereocenters. The van der Waals surface area contributed by atoms with Crippen LogP contribution < -0.4 is 15.4 Å². The summed E-state index contributed by atoms with van der Waals surface area (Å²) >= 11 is 0. The zero-order valence-electron chi connectivity index (χ0n) is 46.9. The lowest BCUT2D eigenvalue weighted by Crippen LogP contribution is -2.26. The van der Waals surface area contributed by atoms with Crippen LogP contribution in [-0.2, 0) is 0 Å². The third-order valence-corrected chi connectivity index (χ3v) is 14.9. The molecule has 0 spiro atoms. The number of ether oxygens (including phenoxy) is 1. The van der Waals surface area contributed by atoms with Gasteiger partial charge in [0.15, 0.2) is 0 Å². The minimum atomic E-state index is -0.102. The molecule has 5 nitrogen and oxygen atoms in total. The van der Waals surface area contributed by atoms with Gasteiger partial charge in [-0.2, -0.15) is 0 Å². The summed E-state index contributed by atoms with van der Waals surface area (Å²) < 4.78 is 6.17. The number of unbranched alkanes of at least 4 members (excludes halogenated alkanes) is 47. The molecule has 0 aliphatic rings. The first-order valence-corrected chi connectivity index (χ1v) is 31.5. The lowest BCUT2D eigenvalue weighted by Gasteiger charge is -2.14. The van der Waals surface area contributed by atoms with Crippen molar-refractivity contribution in [3.05, 3.63) is 29.3 Å². The van der Waals surface area contributed by atoms with Gasteiger partial charge in [0.2, 0.25) is 0 Å².